The molecule has 0 aliphatic rings. The Labute approximate surface area is 183 Å². The van der Waals surface area contributed by atoms with Crippen LogP contribution in [-0.4, -0.2) is 29.1 Å². The van der Waals surface area contributed by atoms with Crippen molar-refractivity contribution in [2.75, 3.05) is 7.11 Å². The second-order valence-electron chi connectivity index (χ2n) is 6.91. The molecule has 1 heterocycles. The Morgan fingerprint density at radius 1 is 1.19 bits per heavy atom. The maximum Gasteiger partial charge on any atom is 0.305 e. The standard InChI is InChI=1S/C23H20ClFN2O4/c1-13-9-14(11-15(24)10-13)22-20(31-2)8-7-18(26-22)23(30)27-19(12-21(28)29)16-5-3-4-6-17(16)25/h3-11,19H,12H2,1-2H3,(H,27,30)(H,28,29)/t19-/m0/s1. The highest BCUT2D eigenvalue weighted by Gasteiger charge is 2.23. The zero-order valence-electron chi connectivity index (χ0n) is 16.9. The number of hydrogen-bond acceptors (Lipinski definition) is 4. The van der Waals surface area contributed by atoms with Crippen molar-refractivity contribution < 1.29 is 23.8 Å². The lowest BCUT2D eigenvalue weighted by atomic mass is 10.0. The quantitative estimate of drug-likeness (QED) is 0.548. The summed E-state index contributed by atoms with van der Waals surface area (Å²) in [5.74, 6) is -1.98. The highest BCUT2D eigenvalue weighted by Crippen LogP contribution is 2.31. The summed E-state index contributed by atoms with van der Waals surface area (Å²) in [4.78, 5) is 28.6. The normalized spacial score (nSPS) is 11.6. The van der Waals surface area contributed by atoms with E-state index < -0.39 is 30.2 Å². The van der Waals surface area contributed by atoms with Crippen LogP contribution in [0.25, 0.3) is 11.3 Å². The molecule has 0 unspecified atom stereocenters. The average Bonchev–Trinajstić information content (AvgIpc) is 2.72. The first-order valence-corrected chi connectivity index (χ1v) is 9.76. The third kappa shape index (κ3) is 5.38. The Bertz CT molecular complexity index is 1120. The number of carbonyl (C=O) groups is 2. The number of benzene rings is 2. The number of carboxylic acids is 1. The lowest BCUT2D eigenvalue weighted by molar-refractivity contribution is -0.137. The van der Waals surface area contributed by atoms with Gasteiger partial charge >= 0.3 is 5.97 Å². The van der Waals surface area contributed by atoms with E-state index >= 15 is 0 Å². The molecule has 0 saturated carbocycles. The SMILES string of the molecule is COc1ccc(C(=O)N[C@@H](CC(=O)O)c2ccccc2F)nc1-c1cc(C)cc(Cl)c1. The number of nitrogens with one attached hydrogen (secondary N) is 1. The van der Waals surface area contributed by atoms with Crippen LogP contribution in [0.5, 0.6) is 5.75 Å². The molecular formula is C23H20ClFN2O4. The molecule has 0 spiro atoms. The zero-order chi connectivity index (χ0) is 22.5. The largest absolute Gasteiger partial charge is 0.494 e. The van der Waals surface area contributed by atoms with E-state index in [0.29, 0.717) is 22.0 Å². The van der Waals surface area contributed by atoms with Gasteiger partial charge in [0.05, 0.1) is 19.6 Å². The minimum Gasteiger partial charge on any atom is -0.494 e. The molecule has 2 aromatic carbocycles. The second-order valence-corrected chi connectivity index (χ2v) is 7.35. The molecule has 1 aromatic heterocycles. The number of methoxy groups -OCH3 is 1. The Hall–Kier alpha value is -3.45. The molecule has 31 heavy (non-hydrogen) atoms. The van der Waals surface area contributed by atoms with Crippen molar-refractivity contribution in [2.45, 2.75) is 19.4 Å². The number of amides is 1. The van der Waals surface area contributed by atoms with E-state index in [1.807, 2.05) is 13.0 Å². The molecule has 1 amide bonds. The number of halogens is 2. The van der Waals surface area contributed by atoms with Crippen LogP contribution in [0, 0.1) is 12.7 Å². The van der Waals surface area contributed by atoms with Crippen LogP contribution in [0.4, 0.5) is 4.39 Å². The van der Waals surface area contributed by atoms with Gasteiger partial charge in [-0.05, 0) is 48.9 Å². The summed E-state index contributed by atoms with van der Waals surface area (Å²) < 4.78 is 19.6. The summed E-state index contributed by atoms with van der Waals surface area (Å²) in [7, 11) is 1.48. The molecular weight excluding hydrogens is 423 g/mol. The van der Waals surface area contributed by atoms with Crippen molar-refractivity contribution in [2.24, 2.45) is 0 Å². The summed E-state index contributed by atoms with van der Waals surface area (Å²) >= 11 is 6.16. The summed E-state index contributed by atoms with van der Waals surface area (Å²) in [6.45, 7) is 1.88. The van der Waals surface area contributed by atoms with Crippen molar-refractivity contribution in [3.63, 3.8) is 0 Å². The van der Waals surface area contributed by atoms with Crippen LogP contribution in [0.1, 0.15) is 34.1 Å². The van der Waals surface area contributed by atoms with Crippen molar-refractivity contribution in [1.29, 1.82) is 0 Å². The van der Waals surface area contributed by atoms with E-state index in [1.165, 1.54) is 31.4 Å². The van der Waals surface area contributed by atoms with Gasteiger partial charge in [0, 0.05) is 16.1 Å². The smallest absolute Gasteiger partial charge is 0.305 e. The first-order chi connectivity index (χ1) is 14.8. The summed E-state index contributed by atoms with van der Waals surface area (Å²) in [6, 6.07) is 13.0. The topological polar surface area (TPSA) is 88.5 Å². The number of pyridine rings is 1. The number of hydrogen-bond donors (Lipinski definition) is 2. The Morgan fingerprint density at radius 3 is 2.58 bits per heavy atom. The number of ether oxygens (including phenoxy) is 1. The van der Waals surface area contributed by atoms with Crippen molar-refractivity contribution in [1.82, 2.24) is 10.3 Å². The number of aliphatic carboxylic acids is 1. The molecule has 0 bridgehead atoms. The monoisotopic (exact) mass is 442 g/mol. The molecule has 2 N–H and O–H groups in total. The lowest BCUT2D eigenvalue weighted by Crippen LogP contribution is -2.31. The van der Waals surface area contributed by atoms with E-state index in [9.17, 15) is 19.1 Å². The number of aromatic nitrogens is 1. The Kier molecular flexibility index (Phi) is 6.87. The maximum absolute atomic E-state index is 14.2. The third-order valence-corrected chi connectivity index (χ3v) is 4.81. The highest BCUT2D eigenvalue weighted by atomic mass is 35.5. The fourth-order valence-corrected chi connectivity index (χ4v) is 3.51. The molecule has 0 saturated heterocycles. The van der Waals surface area contributed by atoms with Gasteiger partial charge in [-0.3, -0.25) is 9.59 Å². The molecule has 8 heteroatoms. The van der Waals surface area contributed by atoms with Gasteiger partial charge in [0.25, 0.3) is 5.91 Å². The molecule has 3 rings (SSSR count). The summed E-state index contributed by atoms with van der Waals surface area (Å²) in [5, 5.41) is 12.3. The van der Waals surface area contributed by atoms with Gasteiger partial charge in [0.1, 0.15) is 23.0 Å². The first-order valence-electron chi connectivity index (χ1n) is 9.38. The van der Waals surface area contributed by atoms with E-state index in [-0.39, 0.29) is 11.3 Å². The molecule has 0 aliphatic heterocycles. The van der Waals surface area contributed by atoms with E-state index in [4.69, 9.17) is 16.3 Å². The van der Waals surface area contributed by atoms with E-state index in [1.54, 1.807) is 24.3 Å². The Morgan fingerprint density at radius 2 is 1.94 bits per heavy atom. The van der Waals surface area contributed by atoms with Crippen LogP contribution in [0.3, 0.4) is 0 Å². The van der Waals surface area contributed by atoms with Crippen LogP contribution in [0.15, 0.2) is 54.6 Å². The summed E-state index contributed by atoms with van der Waals surface area (Å²) in [5.41, 5.74) is 2.08. The molecule has 1 atom stereocenters. The molecule has 0 aliphatic carbocycles. The third-order valence-electron chi connectivity index (χ3n) is 4.59. The van der Waals surface area contributed by atoms with Gasteiger partial charge in [-0.1, -0.05) is 29.8 Å². The predicted molar refractivity (Wildman–Crippen MR) is 115 cm³/mol. The Balaban J connectivity index is 1.97. The van der Waals surface area contributed by atoms with Gasteiger partial charge < -0.3 is 15.2 Å². The van der Waals surface area contributed by atoms with Gasteiger partial charge in [0.15, 0.2) is 0 Å². The van der Waals surface area contributed by atoms with Gasteiger partial charge in [0.2, 0.25) is 0 Å². The number of rotatable bonds is 7. The fourth-order valence-electron chi connectivity index (χ4n) is 3.22. The number of carboxylic acid groups (broad SMARTS) is 1. The van der Waals surface area contributed by atoms with Crippen LogP contribution in [-0.2, 0) is 4.79 Å². The van der Waals surface area contributed by atoms with Crippen molar-refractivity contribution in [3.8, 4) is 17.0 Å². The lowest BCUT2D eigenvalue weighted by Gasteiger charge is -2.18. The zero-order valence-corrected chi connectivity index (χ0v) is 17.6. The summed E-state index contributed by atoms with van der Waals surface area (Å²) in [6.07, 6.45) is -0.483. The van der Waals surface area contributed by atoms with Gasteiger partial charge in [-0.25, -0.2) is 9.37 Å². The van der Waals surface area contributed by atoms with Gasteiger partial charge in [-0.2, -0.15) is 0 Å². The second kappa shape index (κ2) is 9.57. The van der Waals surface area contributed by atoms with Crippen LogP contribution < -0.4 is 10.1 Å². The van der Waals surface area contributed by atoms with Crippen molar-refractivity contribution in [3.05, 3.63) is 82.3 Å². The highest BCUT2D eigenvalue weighted by molar-refractivity contribution is 6.31. The number of carbonyl (C=O) groups excluding carboxylic acids is 1. The molecule has 160 valence electrons. The molecule has 6 nitrogen and oxygen atoms in total. The number of nitrogens with zero attached hydrogens (tertiary/aromatic N) is 1. The fraction of sp³-hybridized carbons (Fsp3) is 0.174. The van der Waals surface area contributed by atoms with Crippen LogP contribution in [0.2, 0.25) is 5.02 Å². The number of aryl methyl sites for hydroxylation is 1. The van der Waals surface area contributed by atoms with E-state index in [0.717, 1.165) is 5.56 Å². The predicted octanol–water partition coefficient (Wildman–Crippen LogP) is 4.80. The minimum absolute atomic E-state index is 0.0279. The van der Waals surface area contributed by atoms with Crippen molar-refractivity contribution >= 4 is 23.5 Å². The van der Waals surface area contributed by atoms with E-state index in [2.05, 4.69) is 10.3 Å². The van der Waals surface area contributed by atoms with Crippen LogP contribution >= 0.6 is 11.6 Å². The molecule has 3 aromatic rings. The maximum atomic E-state index is 14.2. The molecule has 0 fully saturated rings. The average molecular weight is 443 g/mol. The minimum atomic E-state index is -1.17. The van der Waals surface area contributed by atoms with Gasteiger partial charge in [-0.15, -0.1) is 0 Å². The first kappa shape index (κ1) is 22.2. The molecule has 0 radical (unpaired) electrons.